The summed E-state index contributed by atoms with van der Waals surface area (Å²) in [6, 6.07) is 1.89. The Bertz CT molecular complexity index is 378. The molecule has 0 saturated carbocycles. The van der Waals surface area contributed by atoms with Crippen molar-refractivity contribution >= 4 is 17.5 Å². The molecule has 1 aromatic heterocycles. The highest BCUT2D eigenvalue weighted by molar-refractivity contribution is 6.32. The molecule has 1 fully saturated rings. The fourth-order valence-electron chi connectivity index (χ4n) is 2.15. The molecule has 1 atom stereocenters. The minimum atomic E-state index is -0.0310. The lowest BCUT2D eigenvalue weighted by molar-refractivity contribution is 0.0736. The first kappa shape index (κ1) is 11.5. The molecular weight excluding hydrogens is 228 g/mol. The van der Waals surface area contributed by atoms with Crippen molar-refractivity contribution in [3.63, 3.8) is 0 Å². The largest absolute Gasteiger partial charge is 0.452 e. The minimum absolute atomic E-state index is 0.0310. The van der Waals surface area contributed by atoms with Gasteiger partial charge in [0, 0.05) is 19.1 Å². The molecule has 4 nitrogen and oxygen atoms in total. The highest BCUT2D eigenvalue weighted by Gasteiger charge is 2.30. The molecule has 88 valence electrons. The second-order valence-electron chi connectivity index (χ2n) is 3.96. The first-order chi connectivity index (χ1) is 7.74. The Balaban J connectivity index is 2.12. The van der Waals surface area contributed by atoms with E-state index in [9.17, 15) is 4.79 Å². The zero-order valence-corrected chi connectivity index (χ0v) is 9.96. The number of halogens is 1. The number of furan rings is 1. The van der Waals surface area contributed by atoms with E-state index >= 15 is 0 Å². The van der Waals surface area contributed by atoms with Crippen LogP contribution in [0.2, 0.25) is 5.22 Å². The molecule has 0 spiro atoms. The Morgan fingerprint density at radius 3 is 3.19 bits per heavy atom. The molecule has 16 heavy (non-hydrogen) atoms. The quantitative estimate of drug-likeness (QED) is 0.879. The smallest absolute Gasteiger partial charge is 0.259 e. The molecule has 1 N–H and O–H groups in total. The fraction of sp³-hybridized carbons (Fsp3) is 0.545. The maximum absolute atomic E-state index is 12.2. The number of carbonyl (C=O) groups is 1. The molecular formula is C11H15ClN2O2. The monoisotopic (exact) mass is 242 g/mol. The first-order valence-electron chi connectivity index (χ1n) is 5.42. The Hall–Kier alpha value is -1.00. The number of likely N-dealkylation sites (N-methyl/N-ethyl adjacent to an activating group) is 1. The second-order valence-corrected chi connectivity index (χ2v) is 4.30. The van der Waals surface area contributed by atoms with Crippen LogP contribution in [-0.2, 0) is 0 Å². The fourth-order valence-corrected chi connectivity index (χ4v) is 2.35. The number of rotatable bonds is 3. The number of hydrogen-bond donors (Lipinski definition) is 1. The van der Waals surface area contributed by atoms with Gasteiger partial charge in [-0.15, -0.1) is 0 Å². The van der Waals surface area contributed by atoms with Crippen molar-refractivity contribution in [2.45, 2.75) is 18.9 Å². The number of carbonyl (C=O) groups excluding carboxylic acids is 1. The van der Waals surface area contributed by atoms with Crippen LogP contribution in [0.15, 0.2) is 16.7 Å². The van der Waals surface area contributed by atoms with Gasteiger partial charge >= 0.3 is 0 Å². The second kappa shape index (κ2) is 4.89. The molecule has 1 aromatic rings. The van der Waals surface area contributed by atoms with Gasteiger partial charge in [0.05, 0.1) is 11.8 Å². The van der Waals surface area contributed by atoms with Gasteiger partial charge in [-0.25, -0.2) is 0 Å². The summed E-state index contributed by atoms with van der Waals surface area (Å²) >= 11 is 5.81. The van der Waals surface area contributed by atoms with Crippen molar-refractivity contribution in [2.75, 3.05) is 20.1 Å². The number of nitrogens with one attached hydrogen (secondary N) is 1. The van der Waals surface area contributed by atoms with Crippen LogP contribution in [0.1, 0.15) is 23.2 Å². The van der Waals surface area contributed by atoms with E-state index in [4.69, 9.17) is 16.0 Å². The van der Waals surface area contributed by atoms with Crippen LogP contribution >= 0.6 is 11.6 Å². The van der Waals surface area contributed by atoms with E-state index in [-0.39, 0.29) is 17.2 Å². The van der Waals surface area contributed by atoms with Gasteiger partial charge in [-0.2, -0.15) is 0 Å². The van der Waals surface area contributed by atoms with Gasteiger partial charge in [0.15, 0.2) is 0 Å². The van der Waals surface area contributed by atoms with Gasteiger partial charge in [-0.3, -0.25) is 4.79 Å². The summed E-state index contributed by atoms with van der Waals surface area (Å²) in [5, 5.41) is 3.28. The summed E-state index contributed by atoms with van der Waals surface area (Å²) < 4.78 is 4.94. The molecule has 1 unspecified atom stereocenters. The van der Waals surface area contributed by atoms with E-state index in [1.165, 1.54) is 6.26 Å². The first-order valence-corrected chi connectivity index (χ1v) is 5.80. The molecule has 1 aliphatic heterocycles. The molecule has 2 heterocycles. The number of nitrogens with zero attached hydrogens (tertiary/aromatic N) is 1. The van der Waals surface area contributed by atoms with Crippen LogP contribution < -0.4 is 5.32 Å². The summed E-state index contributed by atoms with van der Waals surface area (Å²) in [4.78, 5) is 14.0. The van der Waals surface area contributed by atoms with Crippen molar-refractivity contribution < 1.29 is 9.21 Å². The lowest BCUT2D eigenvalue weighted by Crippen LogP contribution is -2.40. The Morgan fingerprint density at radius 2 is 2.56 bits per heavy atom. The average Bonchev–Trinajstić information content (AvgIpc) is 2.87. The summed E-state index contributed by atoms with van der Waals surface area (Å²) in [5.74, 6) is -0.0310. The summed E-state index contributed by atoms with van der Waals surface area (Å²) in [6.07, 6.45) is 3.54. The van der Waals surface area contributed by atoms with E-state index < -0.39 is 0 Å². The third-order valence-electron chi connectivity index (χ3n) is 2.93. The normalized spacial score (nSPS) is 20.4. The van der Waals surface area contributed by atoms with Crippen LogP contribution in [0.4, 0.5) is 0 Å². The number of hydrogen-bond acceptors (Lipinski definition) is 3. The topological polar surface area (TPSA) is 45.5 Å². The molecule has 0 aliphatic carbocycles. The number of likely N-dealkylation sites (tertiary alicyclic amines) is 1. The predicted molar refractivity (Wildman–Crippen MR) is 61.7 cm³/mol. The van der Waals surface area contributed by atoms with Gasteiger partial charge in [0.1, 0.15) is 0 Å². The molecule has 2 rings (SSSR count). The lowest BCUT2D eigenvalue weighted by Gasteiger charge is -2.24. The van der Waals surface area contributed by atoms with Crippen LogP contribution in [0.3, 0.4) is 0 Å². The van der Waals surface area contributed by atoms with Crippen molar-refractivity contribution in [3.05, 3.63) is 23.1 Å². The zero-order chi connectivity index (χ0) is 11.5. The van der Waals surface area contributed by atoms with Gasteiger partial charge in [0.25, 0.3) is 5.91 Å². The highest BCUT2D eigenvalue weighted by Crippen LogP contribution is 2.24. The van der Waals surface area contributed by atoms with Gasteiger partial charge in [-0.05, 0) is 37.6 Å². The standard InChI is InChI=1S/C11H15ClN2O2/c1-13-7-8-3-2-5-14(8)11(15)9-4-6-16-10(9)12/h4,6,8,13H,2-3,5,7H2,1H3. The van der Waals surface area contributed by atoms with Crippen molar-refractivity contribution in [3.8, 4) is 0 Å². The molecule has 1 aliphatic rings. The van der Waals surface area contributed by atoms with Crippen LogP contribution in [0.25, 0.3) is 0 Å². The summed E-state index contributed by atoms with van der Waals surface area (Å²) in [6.45, 7) is 1.62. The van der Waals surface area contributed by atoms with Gasteiger partial charge in [-0.1, -0.05) is 0 Å². The van der Waals surface area contributed by atoms with E-state index in [2.05, 4.69) is 5.32 Å². The lowest BCUT2D eigenvalue weighted by atomic mass is 10.2. The summed E-state index contributed by atoms with van der Waals surface area (Å²) in [5.41, 5.74) is 0.463. The highest BCUT2D eigenvalue weighted by atomic mass is 35.5. The minimum Gasteiger partial charge on any atom is -0.452 e. The van der Waals surface area contributed by atoms with E-state index in [0.29, 0.717) is 5.56 Å². The van der Waals surface area contributed by atoms with Crippen molar-refractivity contribution in [1.29, 1.82) is 0 Å². The van der Waals surface area contributed by atoms with Gasteiger partial charge in [0.2, 0.25) is 5.22 Å². The Labute approximate surface area is 99.5 Å². The average molecular weight is 243 g/mol. The van der Waals surface area contributed by atoms with E-state index in [0.717, 1.165) is 25.9 Å². The van der Waals surface area contributed by atoms with Crippen LogP contribution in [0.5, 0.6) is 0 Å². The van der Waals surface area contributed by atoms with Gasteiger partial charge < -0.3 is 14.6 Å². The molecule has 0 radical (unpaired) electrons. The van der Waals surface area contributed by atoms with E-state index in [1.54, 1.807) is 6.07 Å². The predicted octanol–water partition coefficient (Wildman–Crippen LogP) is 1.76. The summed E-state index contributed by atoms with van der Waals surface area (Å²) in [7, 11) is 1.89. The van der Waals surface area contributed by atoms with E-state index in [1.807, 2.05) is 11.9 Å². The Kier molecular flexibility index (Phi) is 3.51. The maximum atomic E-state index is 12.2. The SMILES string of the molecule is CNCC1CCCN1C(=O)c1ccoc1Cl. The van der Waals surface area contributed by atoms with Crippen LogP contribution in [0, 0.1) is 0 Å². The molecule has 1 amide bonds. The molecule has 0 bridgehead atoms. The maximum Gasteiger partial charge on any atom is 0.259 e. The molecule has 5 heteroatoms. The molecule has 0 aromatic carbocycles. The zero-order valence-electron chi connectivity index (χ0n) is 9.20. The third kappa shape index (κ3) is 2.08. The van der Waals surface area contributed by atoms with Crippen molar-refractivity contribution in [2.24, 2.45) is 0 Å². The van der Waals surface area contributed by atoms with Crippen LogP contribution in [-0.4, -0.2) is 37.0 Å². The van der Waals surface area contributed by atoms with Crippen molar-refractivity contribution in [1.82, 2.24) is 10.2 Å². The molecule has 1 saturated heterocycles. The Morgan fingerprint density at radius 1 is 1.75 bits per heavy atom. The third-order valence-corrected chi connectivity index (χ3v) is 3.22. The number of amides is 1.